The van der Waals surface area contributed by atoms with E-state index >= 15 is 0 Å². The summed E-state index contributed by atoms with van der Waals surface area (Å²) in [5.41, 5.74) is 3.34. The van der Waals surface area contributed by atoms with Gasteiger partial charge in [-0.3, -0.25) is 4.79 Å². The number of nitrogens with zero attached hydrogens (tertiary/aromatic N) is 1. The van der Waals surface area contributed by atoms with E-state index < -0.39 is 5.82 Å². The molecule has 1 aliphatic heterocycles. The number of anilines is 2. The van der Waals surface area contributed by atoms with Crippen LogP contribution in [0.3, 0.4) is 0 Å². The Hall–Kier alpha value is -2.59. The number of carbonyl (C=O) groups is 1. The Morgan fingerprint density at radius 1 is 1.07 bits per heavy atom. The molecule has 0 radical (unpaired) electrons. The van der Waals surface area contributed by atoms with E-state index in [0.717, 1.165) is 53.5 Å². The molecular formula is C23H22ClFN2O. The number of carbonyl (C=O) groups excluding carboxylic acids is 1. The molecule has 5 heteroatoms. The van der Waals surface area contributed by atoms with E-state index in [1.54, 1.807) is 12.1 Å². The van der Waals surface area contributed by atoms with Crippen molar-refractivity contribution in [1.29, 1.82) is 0 Å². The van der Waals surface area contributed by atoms with Gasteiger partial charge >= 0.3 is 0 Å². The van der Waals surface area contributed by atoms with Crippen LogP contribution in [0.2, 0.25) is 5.02 Å². The van der Waals surface area contributed by atoms with Crippen LogP contribution in [-0.4, -0.2) is 23.9 Å². The van der Waals surface area contributed by atoms with Gasteiger partial charge in [0.1, 0.15) is 5.82 Å². The molecule has 0 spiro atoms. The molecule has 0 aliphatic carbocycles. The van der Waals surface area contributed by atoms with E-state index in [0.29, 0.717) is 5.69 Å². The zero-order valence-corrected chi connectivity index (χ0v) is 16.5. The molecule has 0 unspecified atom stereocenters. The summed E-state index contributed by atoms with van der Waals surface area (Å²) in [5.74, 6) is -0.356. The smallest absolute Gasteiger partial charge is 0.254 e. The van der Waals surface area contributed by atoms with E-state index in [1.807, 2.05) is 42.2 Å². The van der Waals surface area contributed by atoms with Crippen molar-refractivity contribution in [1.82, 2.24) is 4.90 Å². The molecule has 0 aromatic heterocycles. The first-order chi connectivity index (χ1) is 13.5. The van der Waals surface area contributed by atoms with Gasteiger partial charge in [0, 0.05) is 35.4 Å². The van der Waals surface area contributed by atoms with Gasteiger partial charge in [-0.15, -0.1) is 0 Å². The number of nitrogens with one attached hydrogen (secondary N) is 1. The second kappa shape index (κ2) is 7.80. The zero-order valence-electron chi connectivity index (χ0n) is 15.8. The van der Waals surface area contributed by atoms with Gasteiger partial charge in [-0.1, -0.05) is 29.8 Å². The standard InChI is InChI=1S/C23H22ClFN2O/c1-15-6-5-7-17-21(26-16-8-10-20(25)19(24)14-16)11-9-18(22(15)17)23(28)27-12-3-2-4-13-27/h5-11,14,26H,2-4,12-13H2,1H3. The van der Waals surface area contributed by atoms with Gasteiger partial charge in [-0.25, -0.2) is 4.39 Å². The number of hydrogen-bond donors (Lipinski definition) is 1. The van der Waals surface area contributed by atoms with Crippen LogP contribution in [0, 0.1) is 12.7 Å². The normalized spacial score (nSPS) is 14.3. The summed E-state index contributed by atoms with van der Waals surface area (Å²) in [6, 6.07) is 14.4. The fourth-order valence-corrected chi connectivity index (χ4v) is 4.05. The summed E-state index contributed by atoms with van der Waals surface area (Å²) >= 11 is 5.91. The zero-order chi connectivity index (χ0) is 19.7. The van der Waals surface area contributed by atoms with E-state index in [2.05, 4.69) is 5.32 Å². The Balaban J connectivity index is 1.76. The molecule has 1 fully saturated rings. The minimum atomic E-state index is -0.449. The molecule has 1 aliphatic rings. The maximum absolute atomic E-state index is 13.5. The molecule has 3 aromatic rings. The van der Waals surface area contributed by atoms with Gasteiger partial charge in [0.2, 0.25) is 0 Å². The Labute approximate surface area is 169 Å². The highest BCUT2D eigenvalue weighted by molar-refractivity contribution is 6.31. The monoisotopic (exact) mass is 396 g/mol. The van der Waals surface area contributed by atoms with Gasteiger partial charge in [0.25, 0.3) is 5.91 Å². The first-order valence-corrected chi connectivity index (χ1v) is 9.96. The molecule has 1 amide bonds. The van der Waals surface area contributed by atoms with Crippen LogP contribution in [0.5, 0.6) is 0 Å². The summed E-state index contributed by atoms with van der Waals surface area (Å²) in [6.45, 7) is 3.66. The highest BCUT2D eigenvalue weighted by atomic mass is 35.5. The van der Waals surface area contributed by atoms with E-state index in [4.69, 9.17) is 11.6 Å². The molecule has 28 heavy (non-hydrogen) atoms. The predicted molar refractivity (Wildman–Crippen MR) is 113 cm³/mol. The third-order valence-electron chi connectivity index (χ3n) is 5.32. The molecule has 3 aromatic carbocycles. The number of aryl methyl sites for hydroxylation is 1. The highest BCUT2D eigenvalue weighted by Gasteiger charge is 2.21. The topological polar surface area (TPSA) is 32.3 Å². The van der Waals surface area contributed by atoms with Crippen molar-refractivity contribution in [2.75, 3.05) is 18.4 Å². The first kappa shape index (κ1) is 18.8. The highest BCUT2D eigenvalue weighted by Crippen LogP contribution is 2.33. The minimum absolute atomic E-state index is 0.0717. The van der Waals surface area contributed by atoms with Crippen LogP contribution < -0.4 is 5.32 Å². The molecule has 3 nitrogen and oxygen atoms in total. The van der Waals surface area contributed by atoms with Crippen molar-refractivity contribution in [3.63, 3.8) is 0 Å². The maximum Gasteiger partial charge on any atom is 0.254 e. The van der Waals surface area contributed by atoms with Crippen molar-refractivity contribution >= 4 is 39.7 Å². The predicted octanol–water partition coefficient (Wildman–Crippen LogP) is 6.31. The minimum Gasteiger partial charge on any atom is -0.355 e. The Morgan fingerprint density at radius 3 is 2.61 bits per heavy atom. The van der Waals surface area contributed by atoms with Crippen LogP contribution in [0.25, 0.3) is 10.8 Å². The molecule has 1 saturated heterocycles. The summed E-state index contributed by atoms with van der Waals surface area (Å²) in [4.78, 5) is 15.1. The molecular weight excluding hydrogens is 375 g/mol. The Morgan fingerprint density at radius 2 is 1.86 bits per heavy atom. The summed E-state index contributed by atoms with van der Waals surface area (Å²) < 4.78 is 13.5. The Bertz CT molecular complexity index is 1040. The largest absolute Gasteiger partial charge is 0.355 e. The lowest BCUT2D eigenvalue weighted by atomic mass is 9.97. The molecule has 0 saturated carbocycles. The lowest BCUT2D eigenvalue weighted by Gasteiger charge is -2.27. The number of fused-ring (bicyclic) bond motifs is 1. The van der Waals surface area contributed by atoms with Crippen molar-refractivity contribution in [3.05, 3.63) is 70.5 Å². The maximum atomic E-state index is 13.5. The number of amides is 1. The Kier molecular flexibility index (Phi) is 5.23. The summed E-state index contributed by atoms with van der Waals surface area (Å²) in [7, 11) is 0. The first-order valence-electron chi connectivity index (χ1n) is 9.58. The average molecular weight is 397 g/mol. The van der Waals surface area contributed by atoms with Crippen molar-refractivity contribution < 1.29 is 9.18 Å². The van der Waals surface area contributed by atoms with Crippen LogP contribution >= 0.6 is 11.6 Å². The lowest BCUT2D eigenvalue weighted by Crippen LogP contribution is -2.35. The van der Waals surface area contributed by atoms with Crippen LogP contribution in [-0.2, 0) is 0 Å². The van der Waals surface area contributed by atoms with E-state index in [1.165, 1.54) is 12.5 Å². The van der Waals surface area contributed by atoms with E-state index in [9.17, 15) is 9.18 Å². The van der Waals surface area contributed by atoms with Gasteiger partial charge in [0.15, 0.2) is 0 Å². The number of likely N-dealkylation sites (tertiary alicyclic amines) is 1. The lowest BCUT2D eigenvalue weighted by molar-refractivity contribution is 0.0726. The second-order valence-corrected chi connectivity index (χ2v) is 7.67. The van der Waals surface area contributed by atoms with Crippen LogP contribution in [0.15, 0.2) is 48.5 Å². The molecule has 0 atom stereocenters. The third kappa shape index (κ3) is 3.57. The third-order valence-corrected chi connectivity index (χ3v) is 5.61. The van der Waals surface area contributed by atoms with Crippen LogP contribution in [0.1, 0.15) is 35.2 Å². The van der Waals surface area contributed by atoms with Crippen LogP contribution in [0.4, 0.5) is 15.8 Å². The molecule has 4 rings (SSSR count). The summed E-state index contributed by atoms with van der Waals surface area (Å²) in [6.07, 6.45) is 3.31. The van der Waals surface area contributed by atoms with Gasteiger partial charge in [-0.05, 0) is 67.5 Å². The molecule has 1 heterocycles. The number of hydrogen-bond acceptors (Lipinski definition) is 2. The SMILES string of the molecule is Cc1cccc2c(Nc3ccc(F)c(Cl)c3)ccc(C(=O)N3CCCCC3)c12. The number of rotatable bonds is 3. The molecule has 0 bridgehead atoms. The van der Waals surface area contributed by atoms with Gasteiger partial charge in [0.05, 0.1) is 5.02 Å². The average Bonchev–Trinajstić information content (AvgIpc) is 2.71. The quantitative estimate of drug-likeness (QED) is 0.562. The number of piperidine rings is 1. The van der Waals surface area contributed by atoms with E-state index in [-0.39, 0.29) is 10.9 Å². The number of benzene rings is 3. The fourth-order valence-electron chi connectivity index (χ4n) is 3.87. The second-order valence-electron chi connectivity index (χ2n) is 7.26. The summed E-state index contributed by atoms with van der Waals surface area (Å²) in [5, 5.41) is 5.30. The van der Waals surface area contributed by atoms with Crippen molar-refractivity contribution in [2.24, 2.45) is 0 Å². The van der Waals surface area contributed by atoms with Crippen molar-refractivity contribution in [3.8, 4) is 0 Å². The van der Waals surface area contributed by atoms with Crippen molar-refractivity contribution in [2.45, 2.75) is 26.2 Å². The van der Waals surface area contributed by atoms with Gasteiger partial charge in [-0.2, -0.15) is 0 Å². The molecule has 144 valence electrons. The fraction of sp³-hybridized carbons (Fsp3) is 0.261. The van der Waals surface area contributed by atoms with Gasteiger partial charge < -0.3 is 10.2 Å². The number of halogens is 2. The molecule has 1 N–H and O–H groups in total.